The van der Waals surface area contributed by atoms with E-state index in [9.17, 15) is 18.7 Å². The van der Waals surface area contributed by atoms with E-state index in [4.69, 9.17) is 0 Å². The molecule has 0 bridgehead atoms. The van der Waals surface area contributed by atoms with Crippen LogP contribution in [0.3, 0.4) is 0 Å². The highest BCUT2D eigenvalue weighted by Crippen LogP contribution is 2.20. The van der Waals surface area contributed by atoms with Gasteiger partial charge < -0.3 is 15.7 Å². The molecule has 0 saturated carbocycles. The van der Waals surface area contributed by atoms with Crippen LogP contribution in [-0.2, 0) is 5.60 Å². The van der Waals surface area contributed by atoms with Crippen molar-refractivity contribution in [2.45, 2.75) is 12.5 Å². The SMILES string of the molecule is CC(O)(CNC(=O)Nc1ccccc1F)c1ccc(F)cc1. The lowest BCUT2D eigenvalue weighted by molar-refractivity contribution is 0.0599. The van der Waals surface area contributed by atoms with Crippen molar-refractivity contribution in [1.82, 2.24) is 5.32 Å². The third-order valence-electron chi connectivity index (χ3n) is 3.18. The van der Waals surface area contributed by atoms with Gasteiger partial charge in [-0.2, -0.15) is 0 Å². The molecule has 22 heavy (non-hydrogen) atoms. The lowest BCUT2D eigenvalue weighted by Crippen LogP contribution is -2.40. The maximum absolute atomic E-state index is 13.4. The van der Waals surface area contributed by atoms with Gasteiger partial charge in [0.25, 0.3) is 0 Å². The molecule has 0 aliphatic rings. The fraction of sp³-hybridized carbons (Fsp3) is 0.188. The van der Waals surface area contributed by atoms with E-state index in [2.05, 4.69) is 10.6 Å². The maximum atomic E-state index is 13.4. The lowest BCUT2D eigenvalue weighted by atomic mass is 9.96. The summed E-state index contributed by atoms with van der Waals surface area (Å²) in [6.45, 7) is 1.38. The van der Waals surface area contributed by atoms with Crippen molar-refractivity contribution in [2.75, 3.05) is 11.9 Å². The molecule has 0 fully saturated rings. The molecule has 0 heterocycles. The van der Waals surface area contributed by atoms with Crippen molar-refractivity contribution in [2.24, 2.45) is 0 Å². The van der Waals surface area contributed by atoms with Crippen molar-refractivity contribution in [1.29, 1.82) is 0 Å². The Morgan fingerprint density at radius 2 is 1.77 bits per heavy atom. The molecular formula is C16H16F2N2O2. The van der Waals surface area contributed by atoms with Gasteiger partial charge in [0.15, 0.2) is 0 Å². The van der Waals surface area contributed by atoms with Crippen LogP contribution in [0, 0.1) is 11.6 Å². The second-order valence-corrected chi connectivity index (χ2v) is 5.07. The third-order valence-corrected chi connectivity index (χ3v) is 3.18. The number of nitrogens with one attached hydrogen (secondary N) is 2. The van der Waals surface area contributed by atoms with Crippen molar-refractivity contribution in [3.8, 4) is 0 Å². The minimum atomic E-state index is -1.37. The highest BCUT2D eigenvalue weighted by Gasteiger charge is 2.24. The maximum Gasteiger partial charge on any atom is 0.319 e. The van der Waals surface area contributed by atoms with Gasteiger partial charge in [-0.15, -0.1) is 0 Å². The average molecular weight is 306 g/mol. The molecule has 0 radical (unpaired) electrons. The third kappa shape index (κ3) is 4.02. The molecule has 2 aromatic carbocycles. The molecule has 0 aliphatic carbocycles. The Kier molecular flexibility index (Phi) is 4.72. The number of anilines is 1. The Hall–Kier alpha value is -2.47. The first kappa shape index (κ1) is 15.9. The average Bonchev–Trinajstić information content (AvgIpc) is 2.48. The van der Waals surface area contributed by atoms with Crippen LogP contribution in [0.1, 0.15) is 12.5 Å². The second kappa shape index (κ2) is 6.53. The van der Waals surface area contributed by atoms with Crippen LogP contribution in [0.4, 0.5) is 19.3 Å². The number of para-hydroxylation sites is 1. The Labute approximate surface area is 126 Å². The van der Waals surface area contributed by atoms with Crippen molar-refractivity contribution >= 4 is 11.7 Å². The molecule has 3 N–H and O–H groups in total. The van der Waals surface area contributed by atoms with E-state index in [0.29, 0.717) is 5.56 Å². The van der Waals surface area contributed by atoms with Crippen molar-refractivity contribution < 1.29 is 18.7 Å². The number of carbonyl (C=O) groups excluding carboxylic acids is 1. The summed E-state index contributed by atoms with van der Waals surface area (Å²) in [6.07, 6.45) is 0. The molecule has 2 rings (SSSR count). The summed E-state index contributed by atoms with van der Waals surface area (Å²) in [6, 6.07) is 10.4. The minimum Gasteiger partial charge on any atom is -0.384 e. The van der Waals surface area contributed by atoms with Crippen LogP contribution in [0.25, 0.3) is 0 Å². The number of hydrogen-bond donors (Lipinski definition) is 3. The molecule has 0 spiro atoms. The molecule has 0 aliphatic heterocycles. The van der Waals surface area contributed by atoms with E-state index >= 15 is 0 Å². The van der Waals surface area contributed by atoms with E-state index in [0.717, 1.165) is 0 Å². The van der Waals surface area contributed by atoms with E-state index < -0.39 is 23.3 Å². The number of hydrogen-bond acceptors (Lipinski definition) is 2. The predicted molar refractivity (Wildman–Crippen MR) is 79.4 cm³/mol. The summed E-state index contributed by atoms with van der Waals surface area (Å²) in [5, 5.41) is 15.1. The van der Waals surface area contributed by atoms with Gasteiger partial charge in [-0.05, 0) is 36.8 Å². The quantitative estimate of drug-likeness (QED) is 0.813. The van der Waals surface area contributed by atoms with Crippen LogP contribution < -0.4 is 10.6 Å². The van der Waals surface area contributed by atoms with Gasteiger partial charge in [-0.25, -0.2) is 13.6 Å². The van der Waals surface area contributed by atoms with Crippen LogP contribution >= 0.6 is 0 Å². The number of aliphatic hydroxyl groups is 1. The summed E-state index contributed by atoms with van der Waals surface area (Å²) >= 11 is 0. The molecule has 0 aromatic heterocycles. The van der Waals surface area contributed by atoms with Gasteiger partial charge in [0, 0.05) is 0 Å². The van der Waals surface area contributed by atoms with Gasteiger partial charge in [-0.1, -0.05) is 24.3 Å². The van der Waals surface area contributed by atoms with Gasteiger partial charge in [-0.3, -0.25) is 0 Å². The largest absolute Gasteiger partial charge is 0.384 e. The first-order valence-corrected chi connectivity index (χ1v) is 6.66. The van der Waals surface area contributed by atoms with E-state index in [1.165, 1.54) is 49.4 Å². The summed E-state index contributed by atoms with van der Waals surface area (Å²) < 4.78 is 26.3. The Balaban J connectivity index is 1.95. The zero-order valence-electron chi connectivity index (χ0n) is 11.9. The predicted octanol–water partition coefficient (Wildman–Crippen LogP) is 2.99. The molecule has 1 atom stereocenters. The van der Waals surface area contributed by atoms with E-state index in [1.807, 2.05) is 0 Å². The van der Waals surface area contributed by atoms with E-state index in [-0.39, 0.29) is 12.2 Å². The smallest absolute Gasteiger partial charge is 0.319 e. The minimum absolute atomic E-state index is 0.0430. The zero-order chi connectivity index (χ0) is 16.2. The van der Waals surface area contributed by atoms with Crippen molar-refractivity contribution in [3.05, 3.63) is 65.7 Å². The first-order valence-electron chi connectivity index (χ1n) is 6.66. The molecule has 4 nitrogen and oxygen atoms in total. The highest BCUT2D eigenvalue weighted by atomic mass is 19.1. The molecule has 6 heteroatoms. The van der Waals surface area contributed by atoms with Crippen LogP contribution in [0.15, 0.2) is 48.5 Å². The van der Waals surface area contributed by atoms with Gasteiger partial charge in [0.1, 0.15) is 17.2 Å². The normalized spacial score (nSPS) is 13.3. The Morgan fingerprint density at radius 1 is 1.14 bits per heavy atom. The number of benzene rings is 2. The van der Waals surface area contributed by atoms with Gasteiger partial charge in [0.2, 0.25) is 0 Å². The highest BCUT2D eigenvalue weighted by molar-refractivity contribution is 5.89. The standard InChI is InChI=1S/C16H16F2N2O2/c1-16(22,11-6-8-12(17)9-7-11)10-19-15(21)20-14-5-3-2-4-13(14)18/h2-9,22H,10H2,1H3,(H2,19,20,21). The van der Waals surface area contributed by atoms with E-state index in [1.54, 1.807) is 6.07 Å². The fourth-order valence-electron chi connectivity index (χ4n) is 1.89. The molecule has 116 valence electrons. The molecule has 1 unspecified atom stereocenters. The zero-order valence-corrected chi connectivity index (χ0v) is 11.9. The number of amides is 2. The van der Waals surface area contributed by atoms with Crippen LogP contribution in [-0.4, -0.2) is 17.7 Å². The molecule has 2 amide bonds. The molecule has 2 aromatic rings. The monoisotopic (exact) mass is 306 g/mol. The Bertz CT molecular complexity index is 657. The second-order valence-electron chi connectivity index (χ2n) is 5.07. The van der Waals surface area contributed by atoms with Gasteiger partial charge >= 0.3 is 6.03 Å². The fourth-order valence-corrected chi connectivity index (χ4v) is 1.89. The number of halogens is 2. The number of urea groups is 1. The summed E-state index contributed by atoms with van der Waals surface area (Å²) in [4.78, 5) is 11.7. The van der Waals surface area contributed by atoms with Crippen molar-refractivity contribution in [3.63, 3.8) is 0 Å². The molecule has 0 saturated heterocycles. The first-order chi connectivity index (χ1) is 10.4. The lowest BCUT2D eigenvalue weighted by Gasteiger charge is -2.24. The van der Waals surface area contributed by atoms with Crippen LogP contribution in [0.5, 0.6) is 0 Å². The summed E-state index contributed by atoms with van der Waals surface area (Å²) in [5.74, 6) is -0.965. The van der Waals surface area contributed by atoms with Gasteiger partial charge in [0.05, 0.1) is 12.2 Å². The summed E-state index contributed by atoms with van der Waals surface area (Å²) in [5.41, 5.74) is -0.873. The molecular weight excluding hydrogens is 290 g/mol. The summed E-state index contributed by atoms with van der Waals surface area (Å²) in [7, 11) is 0. The van der Waals surface area contributed by atoms with Crippen LogP contribution in [0.2, 0.25) is 0 Å². The number of rotatable bonds is 4. The Morgan fingerprint density at radius 3 is 2.41 bits per heavy atom. The number of carbonyl (C=O) groups is 1. The topological polar surface area (TPSA) is 61.4 Å².